The second-order valence-electron chi connectivity index (χ2n) is 9.41. The van der Waals surface area contributed by atoms with Gasteiger partial charge in [-0.1, -0.05) is 57.2 Å². The van der Waals surface area contributed by atoms with Crippen LogP contribution in [0.1, 0.15) is 45.4 Å². The summed E-state index contributed by atoms with van der Waals surface area (Å²) in [6, 6.07) is 13.4. The minimum atomic E-state index is -0.445. The zero-order chi connectivity index (χ0) is 26.7. The molecule has 0 amide bonds. The van der Waals surface area contributed by atoms with Gasteiger partial charge in [-0.3, -0.25) is 23.4 Å². The summed E-state index contributed by atoms with van der Waals surface area (Å²) in [5.74, 6) is 0.578. The second-order valence-corrected chi connectivity index (χ2v) is 9.41. The zero-order valence-corrected chi connectivity index (χ0v) is 21.9. The normalized spacial score (nSPS) is 12.0. The lowest BCUT2D eigenvalue weighted by molar-refractivity contribution is -0.142. The van der Waals surface area contributed by atoms with Crippen LogP contribution in [0.4, 0.5) is 0 Å². The summed E-state index contributed by atoms with van der Waals surface area (Å²) in [7, 11) is 1.47. The third kappa shape index (κ3) is 5.35. The average Bonchev–Trinajstić information content (AvgIpc) is 3.48. The molecule has 0 unspecified atom stereocenters. The first-order chi connectivity index (χ1) is 17.7. The van der Waals surface area contributed by atoms with Crippen LogP contribution in [0.25, 0.3) is 28.1 Å². The zero-order valence-electron chi connectivity index (χ0n) is 21.9. The van der Waals surface area contributed by atoms with Gasteiger partial charge in [-0.25, -0.2) is 4.79 Å². The van der Waals surface area contributed by atoms with Crippen LogP contribution in [0.3, 0.4) is 0 Å². The van der Waals surface area contributed by atoms with Crippen LogP contribution >= 0.6 is 0 Å². The summed E-state index contributed by atoms with van der Waals surface area (Å²) < 4.78 is 15.5. The molecule has 0 aliphatic rings. The molecule has 0 fully saturated rings. The van der Waals surface area contributed by atoms with Gasteiger partial charge in [0.1, 0.15) is 23.4 Å². The Hall–Kier alpha value is -4.14. The van der Waals surface area contributed by atoms with Crippen LogP contribution in [0.2, 0.25) is 0 Å². The fourth-order valence-corrected chi connectivity index (χ4v) is 4.35. The largest absolute Gasteiger partial charge is 0.458 e. The smallest absolute Gasteiger partial charge is 0.332 e. The first-order valence-electron chi connectivity index (χ1n) is 12.4. The average molecular weight is 505 g/mol. The van der Waals surface area contributed by atoms with E-state index in [4.69, 9.17) is 14.3 Å². The molecule has 0 saturated carbocycles. The number of carbonyl (C=O) groups excluding carboxylic acids is 1. The number of esters is 1. The van der Waals surface area contributed by atoms with Crippen LogP contribution in [-0.2, 0) is 36.3 Å². The molecule has 0 bridgehead atoms. The Labute approximate surface area is 214 Å². The Kier molecular flexibility index (Phi) is 7.61. The van der Waals surface area contributed by atoms with E-state index in [9.17, 15) is 14.4 Å². The monoisotopic (exact) mass is 504 g/mol. The molecule has 0 saturated heterocycles. The number of allylic oxidation sites excluding steroid dienone is 2. The molecule has 4 rings (SSSR count). The second kappa shape index (κ2) is 10.9. The number of benzene rings is 1. The van der Waals surface area contributed by atoms with Crippen LogP contribution in [0, 0.1) is 5.92 Å². The molecule has 4 aromatic rings. The molecule has 0 atom stereocenters. The van der Waals surface area contributed by atoms with Gasteiger partial charge >= 0.3 is 11.7 Å². The lowest BCUT2D eigenvalue weighted by Gasteiger charge is -2.11. The topological polar surface area (TPSA) is 101 Å². The van der Waals surface area contributed by atoms with Crippen molar-refractivity contribution in [2.24, 2.45) is 13.0 Å². The molecule has 3 aromatic heterocycles. The summed E-state index contributed by atoms with van der Waals surface area (Å²) in [6.45, 7) is 8.15. The van der Waals surface area contributed by atoms with Gasteiger partial charge in [-0.15, -0.1) is 0 Å². The maximum Gasteiger partial charge on any atom is 0.332 e. The number of hydrogen-bond donors (Lipinski definition) is 0. The predicted octanol–water partition coefficient (Wildman–Crippen LogP) is 4.37. The van der Waals surface area contributed by atoms with E-state index < -0.39 is 17.2 Å². The van der Waals surface area contributed by atoms with Gasteiger partial charge in [0, 0.05) is 20.5 Å². The standard InChI is InChI=1S/C28H32N4O5/c1-6-10-21(20-11-8-7-9-12-20)16-32-25(23-14-13-22(37-23)17-36-19(4)33)24-26(29-32)31(15-18(2)3)28(35)30(5)27(24)34/h7-14,18H,6,15-17H2,1-5H3. The van der Waals surface area contributed by atoms with Gasteiger partial charge < -0.3 is 9.15 Å². The van der Waals surface area contributed by atoms with E-state index >= 15 is 0 Å². The summed E-state index contributed by atoms with van der Waals surface area (Å²) in [5, 5.41) is 5.12. The van der Waals surface area contributed by atoms with Crippen molar-refractivity contribution in [3.8, 4) is 11.5 Å². The lowest BCUT2D eigenvalue weighted by atomic mass is 10.0. The van der Waals surface area contributed by atoms with Crippen molar-refractivity contribution in [1.82, 2.24) is 18.9 Å². The summed E-state index contributed by atoms with van der Waals surface area (Å²) in [4.78, 5) is 37.8. The molecule has 0 aliphatic heterocycles. The Bertz CT molecular complexity index is 1570. The minimum absolute atomic E-state index is 0.0253. The Morgan fingerprint density at radius 3 is 2.51 bits per heavy atom. The van der Waals surface area contributed by atoms with Gasteiger partial charge in [0.25, 0.3) is 5.56 Å². The van der Waals surface area contributed by atoms with E-state index in [0.717, 1.165) is 22.1 Å². The maximum atomic E-state index is 13.5. The Balaban J connectivity index is 1.97. The molecule has 0 spiro atoms. The number of hydrogen-bond acceptors (Lipinski definition) is 6. The van der Waals surface area contributed by atoms with Gasteiger partial charge in [0.2, 0.25) is 0 Å². The van der Waals surface area contributed by atoms with Gasteiger partial charge in [0.05, 0.1) is 6.54 Å². The van der Waals surface area contributed by atoms with Crippen LogP contribution in [0.15, 0.2) is 62.5 Å². The summed E-state index contributed by atoms with van der Waals surface area (Å²) in [5.41, 5.74) is 2.00. The van der Waals surface area contributed by atoms with Crippen molar-refractivity contribution in [1.29, 1.82) is 0 Å². The number of rotatable bonds is 9. The number of nitrogens with zero attached hydrogens (tertiary/aromatic N) is 4. The van der Waals surface area contributed by atoms with Gasteiger partial charge in [-0.05, 0) is 35.6 Å². The highest BCUT2D eigenvalue weighted by atomic mass is 16.5. The third-order valence-electron chi connectivity index (χ3n) is 6.00. The molecule has 0 N–H and O–H groups in total. The van der Waals surface area contributed by atoms with Crippen molar-refractivity contribution in [2.75, 3.05) is 0 Å². The molecule has 37 heavy (non-hydrogen) atoms. The lowest BCUT2D eigenvalue weighted by Crippen LogP contribution is -2.38. The fourth-order valence-electron chi connectivity index (χ4n) is 4.35. The number of furan rings is 1. The third-order valence-corrected chi connectivity index (χ3v) is 6.00. The minimum Gasteiger partial charge on any atom is -0.458 e. The number of ether oxygens (including phenoxy) is 1. The first kappa shape index (κ1) is 25.9. The predicted molar refractivity (Wildman–Crippen MR) is 142 cm³/mol. The van der Waals surface area contributed by atoms with Crippen molar-refractivity contribution in [2.45, 2.75) is 53.8 Å². The highest BCUT2D eigenvalue weighted by Crippen LogP contribution is 2.30. The van der Waals surface area contributed by atoms with E-state index in [1.807, 2.05) is 44.2 Å². The molecule has 0 aliphatic carbocycles. The number of carbonyl (C=O) groups is 1. The van der Waals surface area contributed by atoms with E-state index in [-0.39, 0.29) is 12.5 Å². The van der Waals surface area contributed by atoms with E-state index in [1.165, 1.54) is 14.0 Å². The molecule has 194 valence electrons. The maximum absolute atomic E-state index is 13.5. The molecular weight excluding hydrogens is 472 g/mol. The highest BCUT2D eigenvalue weighted by Gasteiger charge is 2.25. The molecule has 1 aromatic carbocycles. The molecule has 0 radical (unpaired) electrons. The summed E-state index contributed by atoms with van der Waals surface area (Å²) >= 11 is 0. The molecule has 9 heteroatoms. The Morgan fingerprint density at radius 1 is 1.14 bits per heavy atom. The van der Waals surface area contributed by atoms with Crippen molar-refractivity contribution < 1.29 is 13.9 Å². The van der Waals surface area contributed by atoms with Gasteiger partial charge in [-0.2, -0.15) is 5.10 Å². The molecule has 3 heterocycles. The van der Waals surface area contributed by atoms with E-state index in [1.54, 1.807) is 21.4 Å². The summed E-state index contributed by atoms with van der Waals surface area (Å²) in [6.07, 6.45) is 2.94. The van der Waals surface area contributed by atoms with Gasteiger partial charge in [0.15, 0.2) is 11.4 Å². The van der Waals surface area contributed by atoms with E-state index in [0.29, 0.717) is 41.3 Å². The number of aromatic nitrogens is 4. The SMILES string of the molecule is CCC=C(Cn1nc2c(c1-c1ccc(COC(C)=O)o1)c(=O)n(C)c(=O)n2CC(C)C)c1ccccc1. The van der Waals surface area contributed by atoms with Crippen molar-refractivity contribution in [3.63, 3.8) is 0 Å². The van der Waals surface area contributed by atoms with Crippen LogP contribution < -0.4 is 11.2 Å². The highest BCUT2D eigenvalue weighted by molar-refractivity contribution is 5.89. The molecular formula is C28H32N4O5. The van der Waals surface area contributed by atoms with Crippen molar-refractivity contribution in [3.05, 3.63) is 80.7 Å². The molecule has 9 nitrogen and oxygen atoms in total. The fraction of sp³-hybridized carbons (Fsp3) is 0.357. The Morgan fingerprint density at radius 2 is 1.86 bits per heavy atom. The number of fused-ring (bicyclic) bond motifs is 1. The van der Waals surface area contributed by atoms with Crippen LogP contribution in [-0.4, -0.2) is 24.9 Å². The van der Waals surface area contributed by atoms with Crippen molar-refractivity contribution >= 4 is 22.6 Å². The quantitative estimate of drug-likeness (QED) is 0.314. The first-order valence-corrected chi connectivity index (χ1v) is 12.4. The van der Waals surface area contributed by atoms with E-state index in [2.05, 4.69) is 13.0 Å². The van der Waals surface area contributed by atoms with Crippen LogP contribution in [0.5, 0.6) is 0 Å².